The Morgan fingerprint density at radius 1 is 1.24 bits per heavy atom. The monoisotopic (exact) mass is 410 g/mol. The van der Waals surface area contributed by atoms with E-state index < -0.39 is 5.69 Å². The van der Waals surface area contributed by atoms with Gasteiger partial charge in [-0.1, -0.05) is 35.9 Å². The fourth-order valence-corrected chi connectivity index (χ4v) is 2.73. The number of aromatic nitrogens is 4. The minimum absolute atomic E-state index is 0.0725. The number of nitrogens with one attached hydrogen (secondary N) is 3. The number of aryl methyl sites for hydroxylation is 2. The van der Waals surface area contributed by atoms with E-state index in [1.807, 2.05) is 32.0 Å². The zero-order valence-electron chi connectivity index (χ0n) is 15.9. The Labute approximate surface area is 172 Å². The van der Waals surface area contributed by atoms with E-state index in [-0.39, 0.29) is 29.0 Å². The summed E-state index contributed by atoms with van der Waals surface area (Å²) in [5, 5.41) is 6.36. The van der Waals surface area contributed by atoms with Crippen molar-refractivity contribution in [2.24, 2.45) is 0 Å². The highest BCUT2D eigenvalue weighted by molar-refractivity contribution is 6.32. The second-order valence-electron chi connectivity index (χ2n) is 6.39. The molecule has 0 aliphatic rings. The first-order chi connectivity index (χ1) is 13.9. The number of hydrogen-bond donors (Lipinski definition) is 3. The largest absolute Gasteiger partial charge is 0.346 e. The van der Waals surface area contributed by atoms with Crippen LogP contribution in [-0.2, 0) is 11.2 Å². The molecule has 3 aromatic rings. The molecule has 0 bridgehead atoms. The second kappa shape index (κ2) is 8.66. The van der Waals surface area contributed by atoms with Crippen LogP contribution >= 0.6 is 11.6 Å². The number of allylic oxidation sites excluding steroid dienone is 1. The predicted molar refractivity (Wildman–Crippen MR) is 113 cm³/mol. The second-order valence-corrected chi connectivity index (χ2v) is 6.80. The molecule has 0 radical (unpaired) electrons. The van der Waals surface area contributed by atoms with E-state index in [1.165, 1.54) is 12.3 Å². The molecule has 8 nitrogen and oxygen atoms in total. The molecule has 3 N–H and O–H groups in total. The number of nitrogens with zero attached hydrogens (tertiary/aromatic N) is 3. The van der Waals surface area contributed by atoms with Gasteiger partial charge in [-0.15, -0.1) is 0 Å². The third-order valence-corrected chi connectivity index (χ3v) is 4.37. The molecular formula is C20H19ClN6O2. The Balaban J connectivity index is 1.91. The number of rotatable bonds is 7. The normalized spacial score (nSPS) is 10.4. The minimum atomic E-state index is -0.543. The molecule has 0 fully saturated rings. The molecule has 0 spiro atoms. The molecule has 0 saturated heterocycles. The number of carbonyl (C=O) groups excluding carboxylic acids is 1. The molecule has 0 unspecified atom stereocenters. The van der Waals surface area contributed by atoms with Crippen LogP contribution in [0.1, 0.15) is 16.7 Å². The van der Waals surface area contributed by atoms with Gasteiger partial charge in [0.1, 0.15) is 11.6 Å². The lowest BCUT2D eigenvalue weighted by atomic mass is 10.0. The molecule has 2 aromatic heterocycles. The Morgan fingerprint density at radius 3 is 2.79 bits per heavy atom. The van der Waals surface area contributed by atoms with Gasteiger partial charge < -0.3 is 10.6 Å². The standard InChI is InChI=1S/C20H19ClN6O2/c1-4-14(28)8-13-7-11(2)5-6-16(13)24-17-12(3)9-22-19(25-17)26-18-15(21)10-23-20(29)27-18/h4-7,9-10H,1,8H2,2-3H3,(H3,22,23,24,25,26,27,29). The molecule has 148 valence electrons. The van der Waals surface area contributed by atoms with Gasteiger partial charge in [0.05, 0.1) is 11.2 Å². The highest BCUT2D eigenvalue weighted by atomic mass is 35.5. The van der Waals surface area contributed by atoms with Crippen LogP contribution in [0.5, 0.6) is 0 Å². The van der Waals surface area contributed by atoms with Crippen LogP contribution in [0.3, 0.4) is 0 Å². The fourth-order valence-electron chi connectivity index (χ4n) is 2.59. The maximum Gasteiger partial charge on any atom is 0.346 e. The summed E-state index contributed by atoms with van der Waals surface area (Å²) in [6, 6.07) is 5.79. The summed E-state index contributed by atoms with van der Waals surface area (Å²) in [5.74, 6) is 0.953. The fraction of sp³-hybridized carbons (Fsp3) is 0.150. The Kier molecular flexibility index (Phi) is 6.04. The molecule has 3 rings (SSSR count). The smallest absolute Gasteiger partial charge is 0.340 e. The maximum atomic E-state index is 11.9. The number of halogens is 1. The zero-order valence-corrected chi connectivity index (χ0v) is 16.7. The van der Waals surface area contributed by atoms with Crippen molar-refractivity contribution in [2.45, 2.75) is 20.3 Å². The van der Waals surface area contributed by atoms with Crippen LogP contribution in [0.4, 0.5) is 23.3 Å². The highest BCUT2D eigenvalue weighted by Crippen LogP contribution is 2.25. The van der Waals surface area contributed by atoms with Gasteiger partial charge in [0.25, 0.3) is 0 Å². The SMILES string of the molecule is C=CC(=O)Cc1cc(C)ccc1Nc1nc(Nc2[nH]c(=O)ncc2Cl)ncc1C. The summed E-state index contributed by atoms with van der Waals surface area (Å²) in [7, 11) is 0. The molecule has 0 atom stereocenters. The van der Waals surface area contributed by atoms with Crippen molar-refractivity contribution in [3.63, 3.8) is 0 Å². The molecule has 9 heteroatoms. The molecular weight excluding hydrogens is 392 g/mol. The molecule has 0 aliphatic carbocycles. The maximum absolute atomic E-state index is 11.9. The van der Waals surface area contributed by atoms with Gasteiger partial charge in [0.15, 0.2) is 5.78 Å². The van der Waals surface area contributed by atoms with Gasteiger partial charge >= 0.3 is 5.69 Å². The van der Waals surface area contributed by atoms with E-state index >= 15 is 0 Å². The first kappa shape index (κ1) is 20.2. The van der Waals surface area contributed by atoms with Crippen LogP contribution < -0.4 is 16.3 Å². The summed E-state index contributed by atoms with van der Waals surface area (Å²) < 4.78 is 0. The van der Waals surface area contributed by atoms with Crippen molar-refractivity contribution in [1.29, 1.82) is 0 Å². The van der Waals surface area contributed by atoms with Gasteiger partial charge in [-0.25, -0.2) is 14.8 Å². The molecule has 1 aromatic carbocycles. The zero-order chi connectivity index (χ0) is 21.0. The third-order valence-electron chi connectivity index (χ3n) is 4.08. The topological polar surface area (TPSA) is 113 Å². The van der Waals surface area contributed by atoms with Crippen molar-refractivity contribution in [1.82, 2.24) is 19.9 Å². The van der Waals surface area contributed by atoms with Gasteiger partial charge in [-0.05, 0) is 31.6 Å². The number of hydrogen-bond acceptors (Lipinski definition) is 7. The predicted octanol–water partition coefficient (Wildman–Crippen LogP) is 3.61. The summed E-state index contributed by atoms with van der Waals surface area (Å²) in [4.78, 5) is 38.0. The molecule has 2 heterocycles. The summed E-state index contributed by atoms with van der Waals surface area (Å²) in [6.07, 6.45) is 4.42. The number of anilines is 4. The van der Waals surface area contributed by atoms with Crippen molar-refractivity contribution in [2.75, 3.05) is 10.6 Å². The summed E-state index contributed by atoms with van der Waals surface area (Å²) >= 11 is 6.04. The van der Waals surface area contributed by atoms with Gasteiger partial charge in [0.2, 0.25) is 5.95 Å². The number of benzene rings is 1. The highest BCUT2D eigenvalue weighted by Gasteiger charge is 2.11. The van der Waals surface area contributed by atoms with Crippen LogP contribution in [0.25, 0.3) is 0 Å². The first-order valence-electron chi connectivity index (χ1n) is 8.73. The molecule has 0 aliphatic heterocycles. The van der Waals surface area contributed by atoms with Gasteiger partial charge in [-0.2, -0.15) is 4.98 Å². The number of H-pyrrole nitrogens is 1. The minimum Gasteiger partial charge on any atom is -0.340 e. The lowest BCUT2D eigenvalue weighted by Crippen LogP contribution is -2.13. The summed E-state index contributed by atoms with van der Waals surface area (Å²) in [5.41, 5.74) is 2.89. The lowest BCUT2D eigenvalue weighted by molar-refractivity contribution is -0.114. The average Bonchev–Trinajstić information content (AvgIpc) is 2.69. The Morgan fingerprint density at radius 2 is 2.03 bits per heavy atom. The average molecular weight is 411 g/mol. The van der Waals surface area contributed by atoms with Crippen molar-refractivity contribution < 1.29 is 4.79 Å². The number of ketones is 1. The van der Waals surface area contributed by atoms with Crippen LogP contribution in [0.2, 0.25) is 5.02 Å². The van der Waals surface area contributed by atoms with E-state index in [1.54, 1.807) is 6.20 Å². The van der Waals surface area contributed by atoms with E-state index in [0.29, 0.717) is 5.82 Å². The first-order valence-corrected chi connectivity index (χ1v) is 9.11. The molecule has 0 amide bonds. The van der Waals surface area contributed by atoms with E-state index in [2.05, 4.69) is 37.1 Å². The van der Waals surface area contributed by atoms with E-state index in [9.17, 15) is 9.59 Å². The van der Waals surface area contributed by atoms with Gasteiger partial charge in [-0.3, -0.25) is 9.78 Å². The van der Waals surface area contributed by atoms with Gasteiger partial charge in [0, 0.05) is 23.9 Å². The van der Waals surface area contributed by atoms with Crippen molar-refractivity contribution >= 4 is 40.7 Å². The quantitative estimate of drug-likeness (QED) is 0.510. The van der Waals surface area contributed by atoms with Crippen molar-refractivity contribution in [3.8, 4) is 0 Å². The molecule has 29 heavy (non-hydrogen) atoms. The third kappa shape index (κ3) is 5.05. The lowest BCUT2D eigenvalue weighted by Gasteiger charge is -2.14. The van der Waals surface area contributed by atoms with Crippen molar-refractivity contribution in [3.05, 3.63) is 75.4 Å². The molecule has 0 saturated carbocycles. The van der Waals surface area contributed by atoms with E-state index in [0.717, 1.165) is 22.4 Å². The van der Waals surface area contributed by atoms with Crippen LogP contribution in [0.15, 0.2) is 48.0 Å². The van der Waals surface area contributed by atoms with Crippen LogP contribution in [-0.4, -0.2) is 25.7 Å². The van der Waals surface area contributed by atoms with E-state index in [4.69, 9.17) is 11.6 Å². The number of aromatic amines is 1. The number of carbonyl (C=O) groups is 1. The Bertz CT molecular complexity index is 1140. The van der Waals surface area contributed by atoms with Crippen LogP contribution in [0, 0.1) is 13.8 Å². The summed E-state index contributed by atoms with van der Waals surface area (Å²) in [6.45, 7) is 7.35. The Hall–Kier alpha value is -3.52.